The summed E-state index contributed by atoms with van der Waals surface area (Å²) in [7, 11) is 0. The van der Waals surface area contributed by atoms with Gasteiger partial charge in [-0.3, -0.25) is 14.7 Å². The fourth-order valence-corrected chi connectivity index (χ4v) is 3.14. The smallest absolute Gasteiger partial charge is 0.408 e. The molecule has 1 aromatic carbocycles. The lowest BCUT2D eigenvalue weighted by Gasteiger charge is -2.24. The molecular weight excluding hydrogens is 460 g/mol. The monoisotopic (exact) mass is 488 g/mol. The van der Waals surface area contributed by atoms with Gasteiger partial charge in [0.1, 0.15) is 32.1 Å². The Morgan fingerprint density at radius 1 is 1.20 bits per heavy atom. The Morgan fingerprint density at radius 3 is 2.63 bits per heavy atom. The summed E-state index contributed by atoms with van der Waals surface area (Å²) in [4.78, 5) is 49.6. The number of hydrogen-bond donors (Lipinski definition) is 3. The van der Waals surface area contributed by atoms with E-state index in [1.165, 1.54) is 11.2 Å². The van der Waals surface area contributed by atoms with E-state index >= 15 is 0 Å². The summed E-state index contributed by atoms with van der Waals surface area (Å²) in [5.41, 5.74) is 6.33. The van der Waals surface area contributed by atoms with E-state index in [0.29, 0.717) is 0 Å². The molecule has 3 rings (SSSR count). The molecule has 35 heavy (non-hydrogen) atoms. The fraction of sp³-hybridized carbons (Fsp3) is 0.455. The SMILES string of the molecule is CC(C)[C@H](NC(=O)OCc1ccccc1)C(=O)OCC(CO)OCN1C=NC2C(=O)N=C(N)N=C21. The number of ether oxygens (including phenoxy) is 3. The molecule has 1 aromatic rings. The van der Waals surface area contributed by atoms with E-state index in [-0.39, 0.29) is 37.7 Å². The van der Waals surface area contributed by atoms with E-state index in [0.717, 1.165) is 5.56 Å². The van der Waals surface area contributed by atoms with Crippen molar-refractivity contribution in [1.82, 2.24) is 10.2 Å². The van der Waals surface area contributed by atoms with E-state index in [1.54, 1.807) is 13.8 Å². The van der Waals surface area contributed by atoms with Crippen LogP contribution in [0.3, 0.4) is 0 Å². The van der Waals surface area contributed by atoms with Gasteiger partial charge in [-0.25, -0.2) is 9.59 Å². The van der Waals surface area contributed by atoms with Crippen molar-refractivity contribution in [2.45, 2.75) is 38.6 Å². The van der Waals surface area contributed by atoms with Gasteiger partial charge in [0.15, 0.2) is 11.9 Å². The zero-order chi connectivity index (χ0) is 25.4. The first-order valence-electron chi connectivity index (χ1n) is 10.9. The van der Waals surface area contributed by atoms with Crippen molar-refractivity contribution in [3.63, 3.8) is 0 Å². The Morgan fingerprint density at radius 2 is 1.94 bits per heavy atom. The average molecular weight is 489 g/mol. The fourth-order valence-electron chi connectivity index (χ4n) is 3.14. The minimum Gasteiger partial charge on any atom is -0.461 e. The van der Waals surface area contributed by atoms with Gasteiger partial charge >= 0.3 is 12.1 Å². The third-order valence-corrected chi connectivity index (χ3v) is 5.05. The Hall–Kier alpha value is -3.84. The van der Waals surface area contributed by atoms with Crippen LogP contribution in [0.4, 0.5) is 4.79 Å². The number of nitrogens with zero attached hydrogens (tertiary/aromatic N) is 4. The molecular formula is C22H28N6O7. The zero-order valence-electron chi connectivity index (χ0n) is 19.4. The van der Waals surface area contributed by atoms with Gasteiger partial charge in [0.05, 0.1) is 12.9 Å². The van der Waals surface area contributed by atoms with Crippen molar-refractivity contribution in [2.75, 3.05) is 19.9 Å². The lowest BCUT2D eigenvalue weighted by Crippen LogP contribution is -2.46. The van der Waals surface area contributed by atoms with Crippen molar-refractivity contribution >= 4 is 36.1 Å². The van der Waals surface area contributed by atoms with Crippen LogP contribution in [-0.2, 0) is 30.4 Å². The molecule has 2 heterocycles. The number of benzene rings is 1. The number of carbonyl (C=O) groups excluding carboxylic acids is 3. The Balaban J connectivity index is 1.46. The summed E-state index contributed by atoms with van der Waals surface area (Å²) >= 11 is 0. The molecule has 2 aliphatic heterocycles. The topological polar surface area (TPSA) is 178 Å². The maximum Gasteiger partial charge on any atom is 0.408 e. The van der Waals surface area contributed by atoms with Crippen molar-refractivity contribution in [3.05, 3.63) is 35.9 Å². The van der Waals surface area contributed by atoms with Crippen LogP contribution in [0.25, 0.3) is 0 Å². The Bertz CT molecular complexity index is 1010. The zero-order valence-corrected chi connectivity index (χ0v) is 19.4. The Kier molecular flexibility index (Phi) is 8.86. The van der Waals surface area contributed by atoms with E-state index in [1.807, 2.05) is 30.3 Å². The minimum absolute atomic E-state index is 0.0576. The van der Waals surface area contributed by atoms with Crippen LogP contribution in [-0.4, -0.2) is 84.2 Å². The highest BCUT2D eigenvalue weighted by Crippen LogP contribution is 2.14. The van der Waals surface area contributed by atoms with Gasteiger partial charge in [-0.15, -0.1) is 0 Å². The van der Waals surface area contributed by atoms with Crippen LogP contribution in [0.1, 0.15) is 19.4 Å². The van der Waals surface area contributed by atoms with Crippen molar-refractivity contribution in [3.8, 4) is 0 Å². The summed E-state index contributed by atoms with van der Waals surface area (Å²) in [6, 6.07) is 7.28. The first-order chi connectivity index (χ1) is 16.8. The summed E-state index contributed by atoms with van der Waals surface area (Å²) in [6.45, 7) is 2.70. The highest BCUT2D eigenvalue weighted by Gasteiger charge is 2.35. The van der Waals surface area contributed by atoms with Crippen LogP contribution in [0.5, 0.6) is 0 Å². The standard InChI is InChI=1S/C22H28N6O7/c1-13(2)16(25-22(32)34-9-14-6-4-3-5-7-14)20(31)33-10-15(8-29)35-12-28-11-24-17-18(28)26-21(23)27-19(17)30/h3-7,11,13,15-17,29H,8-10,12H2,1-2H3,(H,25,32)(H2,23,27,30)/t15?,16-,17?/m0/s1. The van der Waals surface area contributed by atoms with E-state index in [9.17, 15) is 19.5 Å². The van der Waals surface area contributed by atoms with Gasteiger partial charge in [-0.05, 0) is 11.5 Å². The first-order valence-corrected chi connectivity index (χ1v) is 10.9. The number of amides is 2. The van der Waals surface area contributed by atoms with E-state index in [4.69, 9.17) is 19.9 Å². The number of esters is 1. The van der Waals surface area contributed by atoms with E-state index < -0.39 is 42.8 Å². The van der Waals surface area contributed by atoms with Crippen LogP contribution < -0.4 is 11.1 Å². The lowest BCUT2D eigenvalue weighted by molar-refractivity contribution is -0.153. The molecule has 0 aliphatic carbocycles. The maximum atomic E-state index is 12.6. The quantitative estimate of drug-likeness (QED) is 0.355. The van der Waals surface area contributed by atoms with Gasteiger partial charge in [0.25, 0.3) is 5.91 Å². The van der Waals surface area contributed by atoms with Crippen LogP contribution >= 0.6 is 0 Å². The number of aliphatic hydroxyl groups is 1. The van der Waals surface area contributed by atoms with E-state index in [2.05, 4.69) is 20.3 Å². The second-order valence-corrected chi connectivity index (χ2v) is 8.07. The van der Waals surface area contributed by atoms with Gasteiger partial charge in [0.2, 0.25) is 5.96 Å². The van der Waals surface area contributed by atoms with Crippen molar-refractivity contribution in [2.24, 2.45) is 26.6 Å². The van der Waals surface area contributed by atoms with Gasteiger partial charge in [-0.2, -0.15) is 9.98 Å². The molecule has 0 spiro atoms. The average Bonchev–Trinajstić information content (AvgIpc) is 3.24. The molecule has 2 amide bonds. The Labute approximate surface area is 201 Å². The number of nitrogens with two attached hydrogens (primary N) is 1. The molecule has 0 radical (unpaired) electrons. The number of aliphatic imine (C=N–C) groups is 3. The normalized spacial score (nSPS) is 18.5. The van der Waals surface area contributed by atoms with Crippen molar-refractivity contribution in [1.29, 1.82) is 0 Å². The molecule has 13 nitrogen and oxygen atoms in total. The van der Waals surface area contributed by atoms with Gasteiger partial charge < -0.3 is 30.4 Å². The molecule has 0 saturated heterocycles. The molecule has 0 saturated carbocycles. The highest BCUT2D eigenvalue weighted by atomic mass is 16.6. The summed E-state index contributed by atoms with van der Waals surface area (Å²) in [5.74, 6) is -1.44. The molecule has 3 atom stereocenters. The number of rotatable bonds is 11. The molecule has 2 aliphatic rings. The highest BCUT2D eigenvalue weighted by molar-refractivity contribution is 6.21. The minimum atomic E-state index is -0.964. The molecule has 0 fully saturated rings. The maximum absolute atomic E-state index is 12.6. The molecule has 0 bridgehead atoms. The predicted octanol–water partition coefficient (Wildman–Crippen LogP) is -0.218. The number of carbonyl (C=O) groups is 3. The number of alkyl carbamates (subject to hydrolysis) is 1. The number of hydrogen-bond acceptors (Lipinski definition) is 11. The predicted molar refractivity (Wildman–Crippen MR) is 124 cm³/mol. The largest absolute Gasteiger partial charge is 0.461 e. The molecule has 4 N–H and O–H groups in total. The molecule has 188 valence electrons. The van der Waals surface area contributed by atoms with Crippen LogP contribution in [0, 0.1) is 5.92 Å². The molecule has 0 aromatic heterocycles. The second kappa shape index (κ2) is 12.0. The first kappa shape index (κ1) is 25.8. The second-order valence-electron chi connectivity index (χ2n) is 8.07. The van der Waals surface area contributed by atoms with Crippen LogP contribution in [0.15, 0.2) is 45.3 Å². The summed E-state index contributed by atoms with van der Waals surface area (Å²) in [6.07, 6.45) is -0.279. The third kappa shape index (κ3) is 7.07. The van der Waals surface area contributed by atoms with Crippen molar-refractivity contribution < 1.29 is 33.7 Å². The number of guanidine groups is 1. The summed E-state index contributed by atoms with van der Waals surface area (Å²) < 4.78 is 16.0. The molecule has 2 unspecified atom stereocenters. The van der Waals surface area contributed by atoms with Gasteiger partial charge in [-0.1, -0.05) is 44.2 Å². The summed E-state index contributed by atoms with van der Waals surface area (Å²) in [5, 5.41) is 12.1. The number of amidine groups is 1. The third-order valence-electron chi connectivity index (χ3n) is 5.05. The lowest BCUT2D eigenvalue weighted by atomic mass is 10.1. The molecule has 13 heteroatoms. The van der Waals surface area contributed by atoms with Gasteiger partial charge in [0, 0.05) is 0 Å². The number of fused-ring (bicyclic) bond motifs is 1. The number of aliphatic hydroxyl groups excluding tert-OH is 1. The van der Waals surface area contributed by atoms with Crippen LogP contribution in [0.2, 0.25) is 0 Å². The number of nitrogens with one attached hydrogen (secondary N) is 1.